The van der Waals surface area contributed by atoms with Crippen molar-refractivity contribution in [3.63, 3.8) is 0 Å². The van der Waals surface area contributed by atoms with Gasteiger partial charge in [-0.25, -0.2) is 4.39 Å². The van der Waals surface area contributed by atoms with Gasteiger partial charge in [0.15, 0.2) is 17.2 Å². The van der Waals surface area contributed by atoms with E-state index < -0.39 is 5.82 Å². The standard InChI is InChI=1S/C21H17Cl3FNO3/c1-28-19-7-2-4-12(10-26-13-8-16(23)20(27)17(24)9-13)21(19)29-11-14-15(22)5-3-6-18(14)25/h2-9,26-27H,10-11H2,1H3. The SMILES string of the molecule is COc1cccc(CNc2cc(Cl)c(O)c(Cl)c2)c1OCc1c(F)cccc1Cl. The first kappa shape index (κ1) is 21.4. The number of hydrogen-bond donors (Lipinski definition) is 2. The van der Waals surface area contributed by atoms with E-state index in [4.69, 9.17) is 44.3 Å². The van der Waals surface area contributed by atoms with Crippen LogP contribution in [0.25, 0.3) is 0 Å². The van der Waals surface area contributed by atoms with Crippen molar-refractivity contribution in [1.29, 1.82) is 0 Å². The van der Waals surface area contributed by atoms with Crippen molar-refractivity contribution in [2.24, 2.45) is 0 Å². The van der Waals surface area contributed by atoms with Gasteiger partial charge in [-0.1, -0.05) is 53.0 Å². The van der Waals surface area contributed by atoms with Crippen molar-refractivity contribution in [2.75, 3.05) is 12.4 Å². The van der Waals surface area contributed by atoms with Crippen molar-refractivity contribution in [1.82, 2.24) is 0 Å². The molecule has 29 heavy (non-hydrogen) atoms. The second-order valence-corrected chi connectivity index (χ2v) is 7.30. The largest absolute Gasteiger partial charge is 0.505 e. The number of benzene rings is 3. The van der Waals surface area contributed by atoms with E-state index in [2.05, 4.69) is 5.32 Å². The molecule has 0 saturated carbocycles. The molecule has 3 rings (SSSR count). The van der Waals surface area contributed by atoms with E-state index in [1.165, 1.54) is 19.2 Å². The van der Waals surface area contributed by atoms with Gasteiger partial charge in [0.05, 0.1) is 22.2 Å². The van der Waals surface area contributed by atoms with Crippen LogP contribution in [-0.2, 0) is 13.2 Å². The van der Waals surface area contributed by atoms with Crippen LogP contribution in [0.5, 0.6) is 17.2 Å². The Morgan fingerprint density at radius 2 is 1.69 bits per heavy atom. The van der Waals surface area contributed by atoms with Crippen LogP contribution in [-0.4, -0.2) is 12.2 Å². The summed E-state index contributed by atoms with van der Waals surface area (Å²) in [6.45, 7) is 0.282. The molecule has 0 aromatic heterocycles. The first-order chi connectivity index (χ1) is 13.9. The highest BCUT2D eigenvalue weighted by Gasteiger charge is 2.14. The van der Waals surface area contributed by atoms with Gasteiger partial charge in [-0.2, -0.15) is 0 Å². The van der Waals surface area contributed by atoms with Crippen LogP contribution in [0, 0.1) is 5.82 Å². The molecule has 0 spiro atoms. The summed E-state index contributed by atoms with van der Waals surface area (Å²) in [5.41, 5.74) is 1.64. The van der Waals surface area contributed by atoms with Gasteiger partial charge in [0, 0.05) is 23.4 Å². The molecule has 0 amide bonds. The predicted octanol–water partition coefficient (Wildman–Crippen LogP) is 6.69. The molecule has 0 aliphatic heterocycles. The van der Waals surface area contributed by atoms with Crippen LogP contribution in [0.15, 0.2) is 48.5 Å². The number of nitrogens with one attached hydrogen (secondary N) is 1. The average Bonchev–Trinajstić information content (AvgIpc) is 2.70. The smallest absolute Gasteiger partial charge is 0.166 e. The minimum absolute atomic E-state index is 0.0598. The molecule has 0 fully saturated rings. The number of phenolic OH excluding ortho intramolecular Hbond substituents is 1. The Morgan fingerprint density at radius 1 is 1.00 bits per heavy atom. The molecule has 0 saturated heterocycles. The Labute approximate surface area is 182 Å². The van der Waals surface area contributed by atoms with E-state index in [9.17, 15) is 9.50 Å². The first-order valence-electron chi connectivity index (χ1n) is 8.54. The second-order valence-electron chi connectivity index (χ2n) is 6.08. The van der Waals surface area contributed by atoms with Crippen LogP contribution in [0.2, 0.25) is 15.1 Å². The molecule has 4 nitrogen and oxygen atoms in total. The van der Waals surface area contributed by atoms with Crippen molar-refractivity contribution >= 4 is 40.5 Å². The Hall–Kier alpha value is -2.34. The minimum atomic E-state index is -0.444. The number of hydrogen-bond acceptors (Lipinski definition) is 4. The van der Waals surface area contributed by atoms with Crippen molar-refractivity contribution in [3.05, 3.63) is 80.5 Å². The van der Waals surface area contributed by atoms with Gasteiger partial charge in [0.2, 0.25) is 0 Å². The fraction of sp³-hybridized carbons (Fsp3) is 0.143. The van der Waals surface area contributed by atoms with Crippen LogP contribution < -0.4 is 14.8 Å². The quantitative estimate of drug-likeness (QED) is 0.389. The molecule has 8 heteroatoms. The van der Waals surface area contributed by atoms with Crippen LogP contribution >= 0.6 is 34.8 Å². The van der Waals surface area contributed by atoms with Gasteiger partial charge < -0.3 is 19.9 Å². The summed E-state index contributed by atoms with van der Waals surface area (Å²) < 4.78 is 25.3. The highest BCUT2D eigenvalue weighted by molar-refractivity contribution is 6.37. The zero-order valence-corrected chi connectivity index (χ0v) is 17.6. The molecule has 0 unspecified atom stereocenters. The molecule has 3 aromatic rings. The Bertz CT molecular complexity index is 987. The topological polar surface area (TPSA) is 50.7 Å². The van der Waals surface area contributed by atoms with Gasteiger partial charge in [-0.3, -0.25) is 0 Å². The Balaban J connectivity index is 1.83. The third-order valence-corrected chi connectivity index (χ3v) is 5.13. The molecule has 152 valence electrons. The van der Waals surface area contributed by atoms with Crippen molar-refractivity contribution in [3.8, 4) is 17.2 Å². The van der Waals surface area contributed by atoms with Crippen LogP contribution in [0.4, 0.5) is 10.1 Å². The van der Waals surface area contributed by atoms with Crippen LogP contribution in [0.3, 0.4) is 0 Å². The fourth-order valence-corrected chi connectivity index (χ4v) is 3.41. The van der Waals surface area contributed by atoms with Crippen molar-refractivity contribution < 1.29 is 19.0 Å². The monoisotopic (exact) mass is 455 g/mol. The van der Waals surface area contributed by atoms with Gasteiger partial charge in [0.25, 0.3) is 0 Å². The van der Waals surface area contributed by atoms with Gasteiger partial charge in [-0.05, 0) is 30.3 Å². The van der Waals surface area contributed by atoms with E-state index in [1.807, 2.05) is 12.1 Å². The zero-order valence-electron chi connectivity index (χ0n) is 15.3. The van der Waals surface area contributed by atoms with E-state index in [0.717, 1.165) is 5.56 Å². The fourth-order valence-electron chi connectivity index (χ4n) is 2.70. The molecule has 0 aliphatic carbocycles. The lowest BCUT2D eigenvalue weighted by molar-refractivity contribution is 0.277. The summed E-state index contributed by atoms with van der Waals surface area (Å²) >= 11 is 18.0. The van der Waals surface area contributed by atoms with E-state index in [0.29, 0.717) is 23.7 Å². The molecule has 0 bridgehead atoms. The third kappa shape index (κ3) is 4.99. The normalized spacial score (nSPS) is 10.7. The summed E-state index contributed by atoms with van der Waals surface area (Å²) in [6, 6.07) is 13.0. The van der Waals surface area contributed by atoms with Crippen LogP contribution in [0.1, 0.15) is 11.1 Å². The predicted molar refractivity (Wildman–Crippen MR) is 114 cm³/mol. The molecular weight excluding hydrogens is 440 g/mol. The number of aromatic hydroxyl groups is 1. The summed E-state index contributed by atoms with van der Waals surface area (Å²) in [4.78, 5) is 0. The number of methoxy groups -OCH3 is 1. The number of anilines is 1. The maximum atomic E-state index is 14.1. The summed E-state index contributed by atoms with van der Waals surface area (Å²) in [5, 5.41) is 13.4. The maximum absolute atomic E-state index is 14.1. The summed E-state index contributed by atoms with van der Waals surface area (Å²) in [5.74, 6) is 0.336. The molecule has 0 aliphatic rings. The average molecular weight is 457 g/mol. The number of phenols is 1. The Morgan fingerprint density at radius 3 is 2.34 bits per heavy atom. The minimum Gasteiger partial charge on any atom is -0.505 e. The Kier molecular flexibility index (Phi) is 6.96. The zero-order chi connectivity index (χ0) is 21.0. The second kappa shape index (κ2) is 9.44. The van der Waals surface area contributed by atoms with Gasteiger partial charge >= 0.3 is 0 Å². The van der Waals surface area contributed by atoms with E-state index in [-0.39, 0.29) is 33.0 Å². The molecule has 3 aromatic carbocycles. The summed E-state index contributed by atoms with van der Waals surface area (Å²) in [6.07, 6.45) is 0. The molecule has 0 radical (unpaired) electrons. The number of rotatable bonds is 7. The first-order valence-corrected chi connectivity index (χ1v) is 9.67. The molecule has 0 atom stereocenters. The highest BCUT2D eigenvalue weighted by atomic mass is 35.5. The highest BCUT2D eigenvalue weighted by Crippen LogP contribution is 2.36. The van der Waals surface area contributed by atoms with E-state index in [1.54, 1.807) is 24.3 Å². The van der Waals surface area contributed by atoms with Gasteiger partial charge in [0.1, 0.15) is 12.4 Å². The lowest BCUT2D eigenvalue weighted by atomic mass is 10.1. The molecule has 2 N–H and O–H groups in total. The van der Waals surface area contributed by atoms with E-state index >= 15 is 0 Å². The van der Waals surface area contributed by atoms with Crippen molar-refractivity contribution in [2.45, 2.75) is 13.2 Å². The number of para-hydroxylation sites is 1. The molecular formula is C21H17Cl3FNO3. The number of ether oxygens (including phenoxy) is 2. The summed E-state index contributed by atoms with van der Waals surface area (Å²) in [7, 11) is 1.52. The maximum Gasteiger partial charge on any atom is 0.166 e. The lowest BCUT2D eigenvalue weighted by Crippen LogP contribution is -2.06. The number of halogens is 4. The lowest BCUT2D eigenvalue weighted by Gasteiger charge is -2.17. The van der Waals surface area contributed by atoms with Gasteiger partial charge in [-0.15, -0.1) is 0 Å². The third-order valence-electron chi connectivity index (χ3n) is 4.20. The molecule has 0 heterocycles.